The van der Waals surface area contributed by atoms with Crippen molar-refractivity contribution in [3.63, 3.8) is 0 Å². The van der Waals surface area contributed by atoms with Gasteiger partial charge in [-0.05, 0) is 48.2 Å². The summed E-state index contributed by atoms with van der Waals surface area (Å²) in [5.41, 5.74) is 3.48. The summed E-state index contributed by atoms with van der Waals surface area (Å²) in [6, 6.07) is 17.7. The maximum absolute atomic E-state index is 13.0. The van der Waals surface area contributed by atoms with E-state index in [0.29, 0.717) is 31.6 Å². The average molecular weight is 499 g/mol. The van der Waals surface area contributed by atoms with Crippen LogP contribution in [0.4, 0.5) is 0 Å². The van der Waals surface area contributed by atoms with Gasteiger partial charge in [0.25, 0.3) is 0 Å². The van der Waals surface area contributed by atoms with Crippen LogP contribution in [0.5, 0.6) is 0 Å². The molecule has 1 saturated carbocycles. The number of nitrogens with zero attached hydrogens (tertiary/aromatic N) is 5. The molecule has 1 fully saturated rings. The number of aromatic amines is 1. The molecule has 5 rings (SSSR count). The summed E-state index contributed by atoms with van der Waals surface area (Å²) in [5.74, 6) is -0.289. The van der Waals surface area contributed by atoms with Gasteiger partial charge in [-0.2, -0.15) is 5.21 Å². The molecule has 2 aromatic heterocycles. The van der Waals surface area contributed by atoms with Gasteiger partial charge in [0.05, 0.1) is 16.6 Å². The molecule has 2 heterocycles. The van der Waals surface area contributed by atoms with Crippen LogP contribution in [0.25, 0.3) is 33.5 Å². The Balaban J connectivity index is 1.43. The first-order chi connectivity index (χ1) is 18.0. The zero-order valence-corrected chi connectivity index (χ0v) is 20.9. The summed E-state index contributed by atoms with van der Waals surface area (Å²) >= 11 is 0. The van der Waals surface area contributed by atoms with Crippen LogP contribution in [0.15, 0.2) is 54.6 Å². The number of tetrazole rings is 1. The average Bonchev–Trinajstić information content (AvgIpc) is 3.62. The Kier molecular flexibility index (Phi) is 6.94. The minimum Gasteiger partial charge on any atom is -0.481 e. The van der Waals surface area contributed by atoms with Gasteiger partial charge in [0.2, 0.25) is 11.7 Å². The van der Waals surface area contributed by atoms with E-state index in [9.17, 15) is 14.7 Å². The highest BCUT2D eigenvalue weighted by molar-refractivity contribution is 5.86. The van der Waals surface area contributed by atoms with E-state index in [0.717, 1.165) is 52.5 Å². The lowest BCUT2D eigenvalue weighted by Gasteiger charge is -2.32. The summed E-state index contributed by atoms with van der Waals surface area (Å²) in [7, 11) is 0. The van der Waals surface area contributed by atoms with E-state index in [1.807, 2.05) is 61.5 Å². The van der Waals surface area contributed by atoms with Crippen molar-refractivity contribution in [2.24, 2.45) is 5.41 Å². The van der Waals surface area contributed by atoms with Crippen molar-refractivity contribution in [2.45, 2.75) is 52.0 Å². The van der Waals surface area contributed by atoms with Crippen LogP contribution in [0.1, 0.15) is 51.0 Å². The summed E-state index contributed by atoms with van der Waals surface area (Å²) in [4.78, 5) is 31.8. The molecule has 0 atom stereocenters. The second-order valence-electron chi connectivity index (χ2n) is 9.80. The fourth-order valence-electron chi connectivity index (χ4n) is 5.28. The number of benzene rings is 2. The zero-order chi connectivity index (χ0) is 25.8. The molecular formula is C28H30N6O3. The summed E-state index contributed by atoms with van der Waals surface area (Å²) in [5, 5.41) is 25.3. The molecule has 9 heteroatoms. The van der Waals surface area contributed by atoms with E-state index >= 15 is 0 Å². The fraction of sp³-hybridized carbons (Fsp3) is 0.357. The lowest BCUT2D eigenvalue weighted by molar-refractivity contribution is -0.151. The van der Waals surface area contributed by atoms with Crippen molar-refractivity contribution < 1.29 is 14.7 Å². The summed E-state index contributed by atoms with van der Waals surface area (Å²) < 4.78 is 0. The molecule has 2 N–H and O–H groups in total. The van der Waals surface area contributed by atoms with Gasteiger partial charge in [-0.3, -0.25) is 9.59 Å². The first-order valence-electron chi connectivity index (χ1n) is 12.7. The van der Waals surface area contributed by atoms with Gasteiger partial charge >= 0.3 is 5.97 Å². The highest BCUT2D eigenvalue weighted by Crippen LogP contribution is 2.39. The number of nitrogens with one attached hydrogen (secondary N) is 1. The Morgan fingerprint density at radius 2 is 1.84 bits per heavy atom. The second-order valence-corrected chi connectivity index (χ2v) is 9.80. The van der Waals surface area contributed by atoms with Crippen LogP contribution in [0, 0.1) is 5.41 Å². The molecule has 0 radical (unpaired) electrons. The lowest BCUT2D eigenvalue weighted by atomic mass is 9.85. The molecule has 37 heavy (non-hydrogen) atoms. The number of carboxylic acid groups (broad SMARTS) is 1. The maximum Gasteiger partial charge on any atom is 0.311 e. The molecule has 0 aliphatic heterocycles. The largest absolute Gasteiger partial charge is 0.481 e. The molecule has 190 valence electrons. The van der Waals surface area contributed by atoms with E-state index in [1.165, 1.54) is 0 Å². The molecule has 0 unspecified atom stereocenters. The van der Waals surface area contributed by atoms with Gasteiger partial charge in [0.15, 0.2) is 0 Å². The third-order valence-electron chi connectivity index (χ3n) is 7.24. The monoisotopic (exact) mass is 498 g/mol. The number of carboxylic acids is 1. The molecule has 0 saturated heterocycles. The fourth-order valence-corrected chi connectivity index (χ4v) is 5.28. The number of carbonyl (C=O) groups is 2. The SMILES string of the molecule is CCCC(=O)N(Cc1ccc2nc(-c3ccccc3-c3nn[nH]n3)ccc2c1)CC1(C(=O)O)CCCC1. The molecule has 0 spiro atoms. The summed E-state index contributed by atoms with van der Waals surface area (Å²) in [6.07, 6.45) is 4.16. The van der Waals surface area contributed by atoms with Gasteiger partial charge in [-0.25, -0.2) is 4.98 Å². The Morgan fingerprint density at radius 3 is 2.54 bits per heavy atom. The molecular weight excluding hydrogens is 468 g/mol. The number of aromatic nitrogens is 5. The Morgan fingerprint density at radius 1 is 1.05 bits per heavy atom. The Hall–Kier alpha value is -4.14. The van der Waals surface area contributed by atoms with Gasteiger partial charge < -0.3 is 10.0 Å². The second kappa shape index (κ2) is 10.5. The number of aliphatic carboxylic acids is 1. The molecule has 1 aliphatic rings. The van der Waals surface area contributed by atoms with E-state index in [-0.39, 0.29) is 12.5 Å². The normalized spacial score (nSPS) is 14.6. The minimum atomic E-state index is -0.844. The lowest BCUT2D eigenvalue weighted by Crippen LogP contribution is -2.43. The number of rotatable bonds is 9. The van der Waals surface area contributed by atoms with Crippen LogP contribution in [0.2, 0.25) is 0 Å². The van der Waals surface area contributed by atoms with Crippen molar-refractivity contribution in [3.8, 4) is 22.6 Å². The number of fused-ring (bicyclic) bond motifs is 1. The highest BCUT2D eigenvalue weighted by atomic mass is 16.4. The topological polar surface area (TPSA) is 125 Å². The number of hydrogen-bond donors (Lipinski definition) is 2. The van der Waals surface area contributed by atoms with Crippen molar-refractivity contribution in [1.82, 2.24) is 30.5 Å². The van der Waals surface area contributed by atoms with E-state index in [1.54, 1.807) is 4.90 Å². The van der Waals surface area contributed by atoms with Crippen molar-refractivity contribution >= 4 is 22.8 Å². The minimum absolute atomic E-state index is 0.00154. The van der Waals surface area contributed by atoms with Crippen LogP contribution in [0.3, 0.4) is 0 Å². The Labute approximate surface area is 214 Å². The van der Waals surface area contributed by atoms with Crippen molar-refractivity contribution in [3.05, 3.63) is 60.2 Å². The molecule has 1 aliphatic carbocycles. The zero-order valence-electron chi connectivity index (χ0n) is 20.9. The van der Waals surface area contributed by atoms with Gasteiger partial charge in [-0.1, -0.05) is 56.2 Å². The van der Waals surface area contributed by atoms with Crippen molar-refractivity contribution in [1.29, 1.82) is 0 Å². The predicted octanol–water partition coefficient (Wildman–Crippen LogP) is 4.86. The van der Waals surface area contributed by atoms with Crippen LogP contribution >= 0.6 is 0 Å². The third kappa shape index (κ3) is 5.07. The predicted molar refractivity (Wildman–Crippen MR) is 139 cm³/mol. The Bertz CT molecular complexity index is 1410. The molecule has 1 amide bonds. The van der Waals surface area contributed by atoms with Gasteiger partial charge in [0, 0.05) is 36.0 Å². The number of hydrogen-bond acceptors (Lipinski definition) is 6. The van der Waals surface area contributed by atoms with Crippen LogP contribution in [-0.2, 0) is 16.1 Å². The maximum atomic E-state index is 13.0. The third-order valence-corrected chi connectivity index (χ3v) is 7.24. The van der Waals surface area contributed by atoms with E-state index in [2.05, 4.69) is 20.6 Å². The van der Waals surface area contributed by atoms with Gasteiger partial charge in [-0.15, -0.1) is 10.2 Å². The van der Waals surface area contributed by atoms with E-state index < -0.39 is 11.4 Å². The quantitative estimate of drug-likeness (QED) is 0.338. The molecule has 9 nitrogen and oxygen atoms in total. The number of carbonyl (C=O) groups excluding carboxylic acids is 1. The number of amides is 1. The number of H-pyrrole nitrogens is 1. The molecule has 0 bridgehead atoms. The first-order valence-corrected chi connectivity index (χ1v) is 12.7. The van der Waals surface area contributed by atoms with Gasteiger partial charge in [0.1, 0.15) is 0 Å². The highest BCUT2D eigenvalue weighted by Gasteiger charge is 2.43. The smallest absolute Gasteiger partial charge is 0.311 e. The summed E-state index contributed by atoms with van der Waals surface area (Å²) in [6.45, 7) is 2.60. The molecule has 2 aromatic carbocycles. The van der Waals surface area contributed by atoms with E-state index in [4.69, 9.17) is 4.98 Å². The standard InChI is InChI=1S/C28H30N6O3/c1-2-7-25(35)34(18-28(27(36)37)14-5-6-15-28)17-19-10-12-23-20(16-19)11-13-24(29-23)21-8-3-4-9-22(21)26-30-32-33-31-26/h3-4,8-13,16H,2,5-7,14-15,17-18H2,1H3,(H,36,37)(H,30,31,32,33). The number of pyridine rings is 1. The van der Waals surface area contributed by atoms with Crippen LogP contribution in [-0.4, -0.2) is 54.0 Å². The van der Waals surface area contributed by atoms with Crippen LogP contribution < -0.4 is 0 Å². The molecule has 4 aromatic rings. The first kappa shape index (κ1) is 24.5. The van der Waals surface area contributed by atoms with Crippen molar-refractivity contribution in [2.75, 3.05) is 6.54 Å².